The van der Waals surface area contributed by atoms with Gasteiger partial charge in [-0.3, -0.25) is 4.79 Å². The molecule has 2 atom stereocenters. The van der Waals surface area contributed by atoms with Crippen molar-refractivity contribution in [1.82, 2.24) is 4.90 Å². The number of hydrogen-bond donors (Lipinski definition) is 0. The summed E-state index contributed by atoms with van der Waals surface area (Å²) in [6.45, 7) is 0.493. The van der Waals surface area contributed by atoms with E-state index in [2.05, 4.69) is 11.2 Å². The first kappa shape index (κ1) is 21.1. The number of fused-ring (bicyclic) bond motifs is 2. The third-order valence-corrected chi connectivity index (χ3v) is 7.46. The zero-order valence-electron chi connectivity index (χ0n) is 17.9. The molecule has 0 aromatic heterocycles. The lowest BCUT2D eigenvalue weighted by atomic mass is 10.0. The van der Waals surface area contributed by atoms with Gasteiger partial charge in [-0.1, -0.05) is 36.4 Å². The molecule has 2 unspecified atom stereocenters. The van der Waals surface area contributed by atoms with Crippen LogP contribution in [0.4, 0.5) is 0 Å². The van der Waals surface area contributed by atoms with Crippen molar-refractivity contribution in [3.8, 4) is 11.5 Å². The minimum Gasteiger partial charge on any atom is -0.493 e. The molecule has 2 bridgehead atoms. The molecule has 2 fully saturated rings. The number of ether oxygens (including phenoxy) is 2. The topological polar surface area (TPSA) is 38.8 Å². The molecule has 2 aromatic carbocycles. The Hall–Kier alpha value is -2.14. The Morgan fingerprint density at radius 3 is 2.43 bits per heavy atom. The van der Waals surface area contributed by atoms with Crippen molar-refractivity contribution in [2.24, 2.45) is 0 Å². The Bertz CT molecular complexity index is 843. The molecule has 160 valence electrons. The Labute approximate surface area is 183 Å². The summed E-state index contributed by atoms with van der Waals surface area (Å²) in [5.41, 5.74) is 2.22. The van der Waals surface area contributed by atoms with Crippen LogP contribution in [0.25, 0.3) is 0 Å². The van der Waals surface area contributed by atoms with E-state index in [0.29, 0.717) is 31.0 Å². The maximum absolute atomic E-state index is 13.0. The molecule has 0 N–H and O–H groups in total. The van der Waals surface area contributed by atoms with Crippen LogP contribution in [-0.2, 0) is 17.8 Å². The molecule has 4 nitrogen and oxygen atoms in total. The van der Waals surface area contributed by atoms with Crippen molar-refractivity contribution in [3.05, 3.63) is 59.7 Å². The van der Waals surface area contributed by atoms with Crippen LogP contribution in [0.3, 0.4) is 0 Å². The Morgan fingerprint density at radius 2 is 1.77 bits per heavy atom. The van der Waals surface area contributed by atoms with Gasteiger partial charge in [-0.15, -0.1) is 0 Å². The van der Waals surface area contributed by atoms with E-state index in [-0.39, 0.29) is 0 Å². The van der Waals surface area contributed by atoms with E-state index < -0.39 is 0 Å². The molecule has 2 heterocycles. The van der Waals surface area contributed by atoms with Crippen LogP contribution in [0.1, 0.15) is 43.2 Å². The van der Waals surface area contributed by atoms with Crippen molar-refractivity contribution in [2.75, 3.05) is 13.4 Å². The summed E-state index contributed by atoms with van der Waals surface area (Å²) in [5, 5.41) is 0.720. The molecule has 2 aliphatic rings. The molecule has 0 radical (unpaired) electrons. The number of piperidine rings is 1. The molecule has 0 saturated carbocycles. The number of aryl methyl sites for hydroxylation is 1. The average Bonchev–Trinajstić information content (AvgIpc) is 3.06. The molecule has 2 aromatic rings. The second-order valence-electron chi connectivity index (χ2n) is 8.27. The maximum Gasteiger partial charge on any atom is 0.223 e. The highest BCUT2D eigenvalue weighted by molar-refractivity contribution is 7.99. The number of carbonyl (C=O) groups excluding carboxylic acids is 1. The minimum absolute atomic E-state index is 0.310. The van der Waals surface area contributed by atoms with Crippen LogP contribution in [0.15, 0.2) is 48.5 Å². The third-order valence-electron chi connectivity index (χ3n) is 6.40. The van der Waals surface area contributed by atoms with Crippen LogP contribution >= 0.6 is 11.8 Å². The van der Waals surface area contributed by atoms with Crippen LogP contribution in [0.2, 0.25) is 0 Å². The van der Waals surface area contributed by atoms with Gasteiger partial charge in [0.2, 0.25) is 5.91 Å². The monoisotopic (exact) mass is 425 g/mol. The Kier molecular flexibility index (Phi) is 6.88. The van der Waals surface area contributed by atoms with Crippen molar-refractivity contribution < 1.29 is 14.3 Å². The summed E-state index contributed by atoms with van der Waals surface area (Å²) < 4.78 is 11.5. The van der Waals surface area contributed by atoms with Crippen LogP contribution < -0.4 is 9.47 Å². The standard InChI is InChI=1S/C25H31NO3S/c1-28-23-12-8-18(14-24(23)29-17-19-6-4-3-5-7-19)9-13-25(27)26-20-10-11-21(26)16-22(15-20)30-2/h3-8,12,14,20-22H,9-11,13,15-17H2,1-2H3. The smallest absolute Gasteiger partial charge is 0.223 e. The van der Waals surface area contributed by atoms with Gasteiger partial charge in [-0.05, 0) is 61.6 Å². The van der Waals surface area contributed by atoms with Gasteiger partial charge in [-0.2, -0.15) is 11.8 Å². The van der Waals surface area contributed by atoms with E-state index in [1.165, 1.54) is 12.8 Å². The van der Waals surface area contributed by atoms with Crippen molar-refractivity contribution in [1.29, 1.82) is 0 Å². The van der Waals surface area contributed by atoms with Gasteiger partial charge in [0.25, 0.3) is 0 Å². The molecule has 4 rings (SSSR count). The Balaban J connectivity index is 1.37. The number of benzene rings is 2. The molecule has 1 amide bonds. The number of hydrogen-bond acceptors (Lipinski definition) is 4. The molecule has 5 heteroatoms. The highest BCUT2D eigenvalue weighted by atomic mass is 32.2. The van der Waals surface area contributed by atoms with E-state index >= 15 is 0 Å². The predicted molar refractivity (Wildman–Crippen MR) is 122 cm³/mol. The third kappa shape index (κ3) is 4.77. The molecule has 30 heavy (non-hydrogen) atoms. The van der Waals surface area contributed by atoms with Gasteiger partial charge in [0.05, 0.1) is 7.11 Å². The van der Waals surface area contributed by atoms with E-state index in [1.807, 2.05) is 60.3 Å². The van der Waals surface area contributed by atoms with E-state index in [9.17, 15) is 4.79 Å². The molecule has 2 aliphatic heterocycles. The quantitative estimate of drug-likeness (QED) is 0.590. The number of nitrogens with zero attached hydrogens (tertiary/aromatic N) is 1. The number of methoxy groups -OCH3 is 1. The fraction of sp³-hybridized carbons (Fsp3) is 0.480. The second kappa shape index (κ2) is 9.78. The fourth-order valence-corrected chi connectivity index (χ4v) is 5.66. The summed E-state index contributed by atoms with van der Waals surface area (Å²) in [4.78, 5) is 15.2. The lowest BCUT2D eigenvalue weighted by molar-refractivity contribution is -0.135. The molecule has 0 aliphatic carbocycles. The van der Waals surface area contributed by atoms with Gasteiger partial charge in [0.1, 0.15) is 6.61 Å². The number of carbonyl (C=O) groups is 1. The SMILES string of the molecule is COc1ccc(CCC(=O)N2C3CCC2CC(SC)C3)cc1OCc1ccccc1. The van der Waals surface area contributed by atoms with Gasteiger partial charge in [-0.25, -0.2) is 0 Å². The molecule has 0 spiro atoms. The van der Waals surface area contributed by atoms with E-state index in [4.69, 9.17) is 9.47 Å². The number of rotatable bonds is 8. The molecule has 2 saturated heterocycles. The second-order valence-corrected chi connectivity index (χ2v) is 9.41. The van der Waals surface area contributed by atoms with Crippen molar-refractivity contribution in [2.45, 2.75) is 62.5 Å². The zero-order valence-corrected chi connectivity index (χ0v) is 18.7. The highest BCUT2D eigenvalue weighted by Gasteiger charge is 2.42. The number of amides is 1. The first-order chi connectivity index (χ1) is 14.7. The summed E-state index contributed by atoms with van der Waals surface area (Å²) in [5.74, 6) is 1.76. The van der Waals surface area contributed by atoms with Gasteiger partial charge < -0.3 is 14.4 Å². The molecular weight excluding hydrogens is 394 g/mol. The van der Waals surface area contributed by atoms with Crippen LogP contribution in [-0.4, -0.2) is 41.5 Å². The molecular formula is C25H31NO3S. The summed E-state index contributed by atoms with van der Waals surface area (Å²) in [6, 6.07) is 17.0. The minimum atomic E-state index is 0.310. The predicted octanol–water partition coefficient (Wildman–Crippen LogP) is 5.09. The fourth-order valence-electron chi connectivity index (χ4n) is 4.83. The maximum atomic E-state index is 13.0. The largest absolute Gasteiger partial charge is 0.493 e. The Morgan fingerprint density at radius 1 is 1.03 bits per heavy atom. The summed E-state index contributed by atoms with van der Waals surface area (Å²) in [6.07, 6.45) is 8.14. The number of thioether (sulfide) groups is 1. The first-order valence-corrected chi connectivity index (χ1v) is 12.1. The normalized spacial score (nSPS) is 22.7. The van der Waals surface area contributed by atoms with E-state index in [1.54, 1.807) is 7.11 Å². The lowest BCUT2D eigenvalue weighted by Crippen LogP contribution is -2.47. The van der Waals surface area contributed by atoms with Gasteiger partial charge in [0, 0.05) is 23.8 Å². The first-order valence-electron chi connectivity index (χ1n) is 10.9. The lowest BCUT2D eigenvalue weighted by Gasteiger charge is -2.38. The average molecular weight is 426 g/mol. The highest BCUT2D eigenvalue weighted by Crippen LogP contribution is 2.40. The van der Waals surface area contributed by atoms with Gasteiger partial charge in [0.15, 0.2) is 11.5 Å². The van der Waals surface area contributed by atoms with Crippen LogP contribution in [0.5, 0.6) is 11.5 Å². The summed E-state index contributed by atoms with van der Waals surface area (Å²) in [7, 11) is 1.65. The van der Waals surface area contributed by atoms with E-state index in [0.717, 1.165) is 47.1 Å². The zero-order chi connectivity index (χ0) is 20.9. The van der Waals surface area contributed by atoms with Crippen molar-refractivity contribution in [3.63, 3.8) is 0 Å². The van der Waals surface area contributed by atoms with Crippen LogP contribution in [0, 0.1) is 0 Å². The summed E-state index contributed by atoms with van der Waals surface area (Å²) >= 11 is 1.96. The van der Waals surface area contributed by atoms with Gasteiger partial charge >= 0.3 is 0 Å². The van der Waals surface area contributed by atoms with Crippen molar-refractivity contribution >= 4 is 17.7 Å².